The van der Waals surface area contributed by atoms with E-state index in [1.165, 1.54) is 0 Å². The van der Waals surface area contributed by atoms with E-state index in [2.05, 4.69) is 0 Å². The number of rotatable bonds is 2. The zero-order valence-corrected chi connectivity index (χ0v) is 6.10. The van der Waals surface area contributed by atoms with Crippen LogP contribution in [-0.2, 0) is 9.53 Å². The van der Waals surface area contributed by atoms with Crippen molar-refractivity contribution >= 4 is 5.78 Å². The molecule has 0 aliphatic carbocycles. The molecule has 0 amide bonds. The summed E-state index contributed by atoms with van der Waals surface area (Å²) in [6.45, 7) is 5.50. The number of hydrogen-bond donors (Lipinski definition) is 0. The number of carbonyl (C=O) groups is 1. The van der Waals surface area contributed by atoms with Crippen molar-refractivity contribution in [3.63, 3.8) is 0 Å². The van der Waals surface area contributed by atoms with Crippen LogP contribution in [0.15, 0.2) is 0 Å². The number of epoxide rings is 1. The molecular weight excluding hydrogens is 116 g/mol. The van der Waals surface area contributed by atoms with Crippen LogP contribution in [-0.4, -0.2) is 17.5 Å². The van der Waals surface area contributed by atoms with Gasteiger partial charge in [-0.3, -0.25) is 4.79 Å². The molecule has 1 heterocycles. The molecule has 0 aromatic heterocycles. The van der Waals surface area contributed by atoms with Crippen LogP contribution >= 0.6 is 0 Å². The first-order valence-electron chi connectivity index (χ1n) is 3.32. The molecule has 0 N–H and O–H groups in total. The van der Waals surface area contributed by atoms with Gasteiger partial charge in [-0.1, -0.05) is 6.92 Å². The molecule has 0 bridgehead atoms. The van der Waals surface area contributed by atoms with Crippen molar-refractivity contribution in [3.8, 4) is 0 Å². The maximum absolute atomic E-state index is 10.8. The van der Waals surface area contributed by atoms with Crippen molar-refractivity contribution in [2.24, 2.45) is 0 Å². The molecular formula is C7H12O2. The van der Waals surface area contributed by atoms with Crippen molar-refractivity contribution in [3.05, 3.63) is 0 Å². The molecule has 0 spiro atoms. The Labute approximate surface area is 55.2 Å². The van der Waals surface area contributed by atoms with Gasteiger partial charge in [0.25, 0.3) is 0 Å². The molecule has 0 saturated carbocycles. The summed E-state index contributed by atoms with van der Waals surface area (Å²) >= 11 is 0. The Morgan fingerprint density at radius 3 is 2.22 bits per heavy atom. The van der Waals surface area contributed by atoms with Crippen LogP contribution in [0.4, 0.5) is 0 Å². The van der Waals surface area contributed by atoms with E-state index in [1.807, 2.05) is 13.8 Å². The first kappa shape index (κ1) is 6.75. The second-order valence-electron chi connectivity index (χ2n) is 2.56. The summed E-state index contributed by atoms with van der Waals surface area (Å²) in [5.41, 5.74) is -0.389. The van der Waals surface area contributed by atoms with Crippen LogP contribution in [0.5, 0.6) is 0 Å². The van der Waals surface area contributed by atoms with Gasteiger partial charge in [-0.05, 0) is 20.3 Å². The Morgan fingerprint density at radius 2 is 2.22 bits per heavy atom. The normalized spacial score (nSPS) is 40.6. The third kappa shape index (κ3) is 0.778. The average molecular weight is 128 g/mol. The third-order valence-corrected chi connectivity index (χ3v) is 2.11. The largest absolute Gasteiger partial charge is 0.358 e. The van der Waals surface area contributed by atoms with Crippen molar-refractivity contribution in [1.29, 1.82) is 0 Å². The Morgan fingerprint density at radius 1 is 1.78 bits per heavy atom. The maximum Gasteiger partial charge on any atom is 0.164 e. The third-order valence-electron chi connectivity index (χ3n) is 2.11. The van der Waals surface area contributed by atoms with E-state index in [1.54, 1.807) is 6.92 Å². The van der Waals surface area contributed by atoms with Crippen molar-refractivity contribution in [2.45, 2.75) is 38.9 Å². The highest BCUT2D eigenvalue weighted by molar-refractivity contribution is 5.88. The predicted molar refractivity (Wildman–Crippen MR) is 34.2 cm³/mol. The monoisotopic (exact) mass is 128 g/mol. The van der Waals surface area contributed by atoms with E-state index in [-0.39, 0.29) is 17.5 Å². The molecule has 1 fully saturated rings. The molecule has 1 aliphatic rings. The Kier molecular flexibility index (Phi) is 1.35. The molecule has 2 atom stereocenters. The van der Waals surface area contributed by atoms with E-state index < -0.39 is 0 Å². The summed E-state index contributed by atoms with van der Waals surface area (Å²) < 4.78 is 5.17. The van der Waals surface area contributed by atoms with E-state index in [0.29, 0.717) is 0 Å². The zero-order valence-electron chi connectivity index (χ0n) is 6.10. The zero-order chi connectivity index (χ0) is 7.07. The van der Waals surface area contributed by atoms with Gasteiger partial charge in [0.2, 0.25) is 0 Å². The molecule has 2 nitrogen and oxygen atoms in total. The van der Waals surface area contributed by atoms with Crippen molar-refractivity contribution in [1.82, 2.24) is 0 Å². The lowest BCUT2D eigenvalue weighted by molar-refractivity contribution is -0.122. The standard InChI is InChI=1S/C7H12O2/c1-4-7(5(2)8)6(3)9-7/h6H,4H2,1-3H3/t6-,7-/m1/s1. The van der Waals surface area contributed by atoms with Crippen LogP contribution in [0.25, 0.3) is 0 Å². The van der Waals surface area contributed by atoms with Crippen LogP contribution in [0.1, 0.15) is 27.2 Å². The lowest BCUT2D eigenvalue weighted by atomic mass is 9.99. The molecule has 1 aliphatic heterocycles. The van der Waals surface area contributed by atoms with Gasteiger partial charge >= 0.3 is 0 Å². The highest BCUT2D eigenvalue weighted by atomic mass is 16.6. The lowest BCUT2D eigenvalue weighted by Gasteiger charge is -2.01. The fourth-order valence-corrected chi connectivity index (χ4v) is 1.27. The first-order valence-corrected chi connectivity index (χ1v) is 3.32. The SMILES string of the molecule is CC[C@]1(C(C)=O)O[C@@H]1C. The van der Waals surface area contributed by atoms with E-state index >= 15 is 0 Å². The summed E-state index contributed by atoms with van der Waals surface area (Å²) in [7, 11) is 0. The highest BCUT2D eigenvalue weighted by Gasteiger charge is 2.55. The summed E-state index contributed by atoms with van der Waals surface area (Å²) in [5.74, 6) is 0.164. The fourth-order valence-electron chi connectivity index (χ4n) is 1.27. The van der Waals surface area contributed by atoms with Crippen LogP contribution in [0.2, 0.25) is 0 Å². The number of Topliss-reactive ketones (excluding diaryl/α,β-unsaturated/α-hetero) is 1. The molecule has 0 radical (unpaired) electrons. The molecule has 52 valence electrons. The lowest BCUT2D eigenvalue weighted by Crippen LogP contribution is -2.22. The molecule has 1 saturated heterocycles. The minimum absolute atomic E-state index is 0.153. The minimum Gasteiger partial charge on any atom is -0.358 e. The van der Waals surface area contributed by atoms with Gasteiger partial charge < -0.3 is 4.74 Å². The second-order valence-corrected chi connectivity index (χ2v) is 2.56. The predicted octanol–water partition coefficient (Wildman–Crippen LogP) is 1.14. The van der Waals surface area contributed by atoms with Crippen LogP contribution in [0, 0.1) is 0 Å². The maximum atomic E-state index is 10.8. The van der Waals surface area contributed by atoms with Gasteiger partial charge in [-0.2, -0.15) is 0 Å². The summed E-state index contributed by atoms with van der Waals surface area (Å²) in [6.07, 6.45) is 0.962. The van der Waals surface area contributed by atoms with Gasteiger partial charge in [0.15, 0.2) is 11.4 Å². The smallest absolute Gasteiger partial charge is 0.164 e. The summed E-state index contributed by atoms with van der Waals surface area (Å²) in [6, 6.07) is 0. The Balaban J connectivity index is 2.62. The Bertz CT molecular complexity index is 138. The second kappa shape index (κ2) is 1.81. The van der Waals surface area contributed by atoms with E-state index in [9.17, 15) is 4.79 Å². The van der Waals surface area contributed by atoms with Gasteiger partial charge in [0.1, 0.15) is 0 Å². The van der Waals surface area contributed by atoms with E-state index in [4.69, 9.17) is 4.74 Å². The highest BCUT2D eigenvalue weighted by Crippen LogP contribution is 2.39. The molecule has 2 heteroatoms. The van der Waals surface area contributed by atoms with Crippen molar-refractivity contribution < 1.29 is 9.53 Å². The first-order chi connectivity index (χ1) is 4.13. The molecule has 0 aromatic carbocycles. The van der Waals surface area contributed by atoms with Crippen molar-refractivity contribution in [2.75, 3.05) is 0 Å². The van der Waals surface area contributed by atoms with Crippen LogP contribution < -0.4 is 0 Å². The molecule has 9 heavy (non-hydrogen) atoms. The average Bonchev–Trinajstić information content (AvgIpc) is 2.43. The number of ketones is 1. The summed E-state index contributed by atoms with van der Waals surface area (Å²) in [5, 5.41) is 0. The fraction of sp³-hybridized carbons (Fsp3) is 0.857. The number of carbonyl (C=O) groups excluding carboxylic acids is 1. The van der Waals surface area contributed by atoms with Gasteiger partial charge in [0, 0.05) is 0 Å². The topological polar surface area (TPSA) is 29.6 Å². The molecule has 1 rings (SSSR count). The number of ether oxygens (including phenoxy) is 1. The van der Waals surface area contributed by atoms with Gasteiger partial charge in [0.05, 0.1) is 6.10 Å². The molecule has 0 aromatic rings. The van der Waals surface area contributed by atoms with Crippen LogP contribution in [0.3, 0.4) is 0 Å². The Hall–Kier alpha value is -0.370. The molecule has 0 unspecified atom stereocenters. The summed E-state index contributed by atoms with van der Waals surface area (Å²) in [4.78, 5) is 10.8. The van der Waals surface area contributed by atoms with Gasteiger partial charge in [-0.15, -0.1) is 0 Å². The number of hydrogen-bond acceptors (Lipinski definition) is 2. The minimum atomic E-state index is -0.389. The van der Waals surface area contributed by atoms with Gasteiger partial charge in [-0.25, -0.2) is 0 Å². The van der Waals surface area contributed by atoms with E-state index in [0.717, 1.165) is 6.42 Å². The quantitative estimate of drug-likeness (QED) is 0.522.